The minimum atomic E-state index is -1.09. The number of carbonyl (C=O) groups is 2. The summed E-state index contributed by atoms with van der Waals surface area (Å²) in [5, 5.41) is 23.1. The average Bonchev–Trinajstić information content (AvgIpc) is 3.01. The van der Waals surface area contributed by atoms with Gasteiger partial charge in [-0.05, 0) is 49.9 Å². The lowest BCUT2D eigenvalue weighted by Crippen LogP contribution is -2.49. The van der Waals surface area contributed by atoms with E-state index in [4.69, 9.17) is 23.2 Å². The fourth-order valence-corrected chi connectivity index (χ4v) is 3.96. The highest BCUT2D eigenvalue weighted by Gasteiger charge is 2.29. The molecule has 1 heterocycles. The molecule has 7 nitrogen and oxygen atoms in total. The summed E-state index contributed by atoms with van der Waals surface area (Å²) in [6.45, 7) is 8.32. The molecule has 0 amide bonds. The largest absolute Gasteiger partial charge is 0.480 e. The number of carboxylic acids is 2. The zero-order chi connectivity index (χ0) is 23.3. The van der Waals surface area contributed by atoms with E-state index in [9.17, 15) is 19.8 Å². The van der Waals surface area contributed by atoms with Gasteiger partial charge in [0.25, 0.3) is 0 Å². The summed E-state index contributed by atoms with van der Waals surface area (Å²) < 4.78 is 3.93. The molecule has 31 heavy (non-hydrogen) atoms. The average molecular weight is 471 g/mol. The van der Waals surface area contributed by atoms with Crippen molar-refractivity contribution in [1.82, 2.24) is 9.88 Å². The van der Waals surface area contributed by atoms with Crippen LogP contribution in [0.1, 0.15) is 51.4 Å². The lowest BCUT2D eigenvalue weighted by atomic mass is 10.0. The van der Waals surface area contributed by atoms with Gasteiger partial charge in [-0.25, -0.2) is 9.13 Å². The SMILES string of the molecule is CC(C)CC(NC(Cc1c[n+](C(C)C)cn1Cc1cc(Cl)cc(Cl)c1)C(=O)O)C(=O)O. The molecule has 2 atom stereocenters. The second-order valence-electron chi connectivity index (χ2n) is 8.46. The molecule has 170 valence electrons. The summed E-state index contributed by atoms with van der Waals surface area (Å²) in [7, 11) is 0. The van der Waals surface area contributed by atoms with E-state index in [1.165, 1.54) is 0 Å². The van der Waals surface area contributed by atoms with E-state index in [1.54, 1.807) is 6.07 Å². The van der Waals surface area contributed by atoms with Crippen molar-refractivity contribution in [2.24, 2.45) is 5.92 Å². The van der Waals surface area contributed by atoms with Crippen LogP contribution in [0.4, 0.5) is 0 Å². The maximum Gasteiger partial charge on any atom is 0.321 e. The first kappa shape index (κ1) is 25.2. The number of aliphatic carboxylic acids is 2. The Labute approximate surface area is 192 Å². The van der Waals surface area contributed by atoms with Gasteiger partial charge in [0.15, 0.2) is 0 Å². The Morgan fingerprint density at radius 2 is 1.61 bits per heavy atom. The maximum absolute atomic E-state index is 11.9. The van der Waals surface area contributed by atoms with E-state index >= 15 is 0 Å². The van der Waals surface area contributed by atoms with Gasteiger partial charge in [0.1, 0.15) is 30.5 Å². The minimum Gasteiger partial charge on any atom is -0.480 e. The van der Waals surface area contributed by atoms with Gasteiger partial charge >= 0.3 is 11.9 Å². The number of benzene rings is 1. The van der Waals surface area contributed by atoms with Crippen LogP contribution >= 0.6 is 23.2 Å². The van der Waals surface area contributed by atoms with Crippen LogP contribution in [0, 0.1) is 5.92 Å². The molecule has 0 aliphatic carbocycles. The van der Waals surface area contributed by atoms with Gasteiger partial charge in [-0.3, -0.25) is 14.9 Å². The van der Waals surface area contributed by atoms with Crippen molar-refractivity contribution in [3.63, 3.8) is 0 Å². The van der Waals surface area contributed by atoms with Crippen molar-refractivity contribution >= 4 is 35.1 Å². The lowest BCUT2D eigenvalue weighted by molar-refractivity contribution is -0.715. The smallest absolute Gasteiger partial charge is 0.321 e. The predicted molar refractivity (Wildman–Crippen MR) is 120 cm³/mol. The molecule has 0 aliphatic rings. The van der Waals surface area contributed by atoms with E-state index in [0.29, 0.717) is 23.0 Å². The summed E-state index contributed by atoms with van der Waals surface area (Å²) in [5.74, 6) is -2.03. The van der Waals surface area contributed by atoms with Crippen molar-refractivity contribution in [2.75, 3.05) is 0 Å². The predicted octanol–water partition coefficient (Wildman–Crippen LogP) is 3.80. The molecule has 9 heteroatoms. The van der Waals surface area contributed by atoms with Crippen LogP contribution in [-0.2, 0) is 22.6 Å². The van der Waals surface area contributed by atoms with E-state index in [2.05, 4.69) is 5.32 Å². The number of hydrogen-bond acceptors (Lipinski definition) is 3. The van der Waals surface area contributed by atoms with Gasteiger partial charge in [-0.1, -0.05) is 37.0 Å². The normalized spacial score (nSPS) is 13.5. The molecule has 2 rings (SSSR count). The molecule has 0 saturated heterocycles. The third-order valence-corrected chi connectivity index (χ3v) is 5.37. The van der Waals surface area contributed by atoms with E-state index in [-0.39, 0.29) is 18.4 Å². The highest BCUT2D eigenvalue weighted by atomic mass is 35.5. The molecule has 0 radical (unpaired) electrons. The fraction of sp³-hybridized carbons (Fsp3) is 0.500. The molecule has 0 aliphatic heterocycles. The third-order valence-electron chi connectivity index (χ3n) is 4.93. The topological polar surface area (TPSA) is 95.4 Å². The first-order chi connectivity index (χ1) is 14.5. The summed E-state index contributed by atoms with van der Waals surface area (Å²) in [4.78, 5) is 23.6. The zero-order valence-electron chi connectivity index (χ0n) is 18.2. The van der Waals surface area contributed by atoms with Gasteiger partial charge < -0.3 is 10.2 Å². The molecule has 0 saturated carbocycles. The molecule has 2 aromatic rings. The number of imidazole rings is 1. The number of carboxylic acid groups (broad SMARTS) is 2. The molecular formula is C22H30Cl2N3O4+. The van der Waals surface area contributed by atoms with Crippen molar-refractivity contribution in [2.45, 2.75) is 65.2 Å². The van der Waals surface area contributed by atoms with Crippen LogP contribution in [0.3, 0.4) is 0 Å². The Morgan fingerprint density at radius 3 is 2.10 bits per heavy atom. The van der Waals surface area contributed by atoms with E-state index < -0.39 is 24.0 Å². The number of rotatable bonds is 11. The van der Waals surface area contributed by atoms with Gasteiger partial charge in [-0.15, -0.1) is 0 Å². The van der Waals surface area contributed by atoms with Crippen LogP contribution in [0.5, 0.6) is 0 Å². The second kappa shape index (κ2) is 11.0. The van der Waals surface area contributed by atoms with Crippen LogP contribution in [0.2, 0.25) is 10.0 Å². The van der Waals surface area contributed by atoms with Crippen LogP contribution in [0.15, 0.2) is 30.7 Å². The Kier molecular flexibility index (Phi) is 8.91. The number of nitrogens with zero attached hydrogens (tertiary/aromatic N) is 2. The summed E-state index contributed by atoms with van der Waals surface area (Å²) >= 11 is 12.2. The molecular weight excluding hydrogens is 441 g/mol. The van der Waals surface area contributed by atoms with Gasteiger partial charge in [0.2, 0.25) is 6.33 Å². The second-order valence-corrected chi connectivity index (χ2v) is 9.34. The lowest BCUT2D eigenvalue weighted by Gasteiger charge is -2.21. The van der Waals surface area contributed by atoms with Crippen LogP contribution in [0.25, 0.3) is 0 Å². The highest BCUT2D eigenvalue weighted by molar-refractivity contribution is 6.34. The summed E-state index contributed by atoms with van der Waals surface area (Å²) in [6.07, 6.45) is 4.28. The summed E-state index contributed by atoms with van der Waals surface area (Å²) in [6, 6.07) is 3.47. The molecule has 1 aromatic carbocycles. The van der Waals surface area contributed by atoms with E-state index in [0.717, 1.165) is 11.3 Å². The molecule has 0 fully saturated rings. The minimum absolute atomic E-state index is 0.114. The number of aromatic nitrogens is 2. The highest BCUT2D eigenvalue weighted by Crippen LogP contribution is 2.20. The molecule has 1 aromatic heterocycles. The molecule has 2 unspecified atom stereocenters. The fourth-order valence-electron chi connectivity index (χ4n) is 3.39. The van der Waals surface area contributed by atoms with Crippen molar-refractivity contribution < 1.29 is 24.4 Å². The van der Waals surface area contributed by atoms with Crippen LogP contribution < -0.4 is 9.88 Å². The zero-order valence-corrected chi connectivity index (χ0v) is 19.7. The molecule has 0 bridgehead atoms. The first-order valence-corrected chi connectivity index (χ1v) is 11.0. The monoisotopic (exact) mass is 470 g/mol. The van der Waals surface area contributed by atoms with Gasteiger partial charge in [-0.2, -0.15) is 0 Å². The van der Waals surface area contributed by atoms with Crippen molar-refractivity contribution in [3.05, 3.63) is 52.0 Å². The molecule has 0 spiro atoms. The number of halogens is 2. The Hall–Kier alpha value is -2.09. The third kappa shape index (κ3) is 7.52. The van der Waals surface area contributed by atoms with Crippen molar-refractivity contribution in [1.29, 1.82) is 0 Å². The number of nitrogens with one attached hydrogen (secondary N) is 1. The standard InChI is InChI=1S/C22H29Cl2N3O4/c1-13(2)5-19(21(28)29)25-20(22(30)31)9-18-11-26(14(3)4)12-27(18)10-15-6-16(23)8-17(24)7-15/h6-8,11-14,19-20,25H,5,9-10H2,1-4H3,(H-,28,29,30,31)/p+1. The van der Waals surface area contributed by atoms with E-state index in [1.807, 2.05) is 61.5 Å². The first-order valence-electron chi connectivity index (χ1n) is 10.2. The Balaban J connectivity index is 2.33. The van der Waals surface area contributed by atoms with Gasteiger partial charge in [0.05, 0.1) is 6.04 Å². The quantitative estimate of drug-likeness (QED) is 0.434. The molecule has 3 N–H and O–H groups in total. The Bertz CT molecular complexity index is 907. The Morgan fingerprint density at radius 1 is 1.03 bits per heavy atom. The van der Waals surface area contributed by atoms with Crippen molar-refractivity contribution in [3.8, 4) is 0 Å². The summed E-state index contributed by atoms with van der Waals surface area (Å²) in [5.41, 5.74) is 1.65. The maximum atomic E-state index is 11.9. The number of hydrogen-bond donors (Lipinski definition) is 3. The van der Waals surface area contributed by atoms with Gasteiger partial charge in [0, 0.05) is 16.5 Å². The van der Waals surface area contributed by atoms with Crippen LogP contribution in [-0.4, -0.2) is 38.8 Å².